The van der Waals surface area contributed by atoms with Gasteiger partial charge in [-0.05, 0) is 73.6 Å². The second kappa shape index (κ2) is 15.3. The molecule has 2 aliphatic rings. The summed E-state index contributed by atoms with van der Waals surface area (Å²) in [6, 6.07) is 25.3. The van der Waals surface area contributed by atoms with E-state index in [1.807, 2.05) is 86.6 Å². The van der Waals surface area contributed by atoms with Crippen molar-refractivity contribution >= 4 is 40.4 Å². The van der Waals surface area contributed by atoms with E-state index in [-0.39, 0.29) is 29.7 Å². The maximum absolute atomic E-state index is 13.5. The van der Waals surface area contributed by atoms with E-state index in [0.717, 1.165) is 52.7 Å². The van der Waals surface area contributed by atoms with Crippen molar-refractivity contribution in [3.8, 4) is 22.5 Å². The van der Waals surface area contributed by atoms with E-state index in [1.165, 1.54) is 7.11 Å². The van der Waals surface area contributed by atoms with E-state index < -0.39 is 18.2 Å². The molecule has 2 unspecified atom stereocenters. The summed E-state index contributed by atoms with van der Waals surface area (Å²) in [7, 11) is 1.29. The molecule has 2 saturated heterocycles. The van der Waals surface area contributed by atoms with Gasteiger partial charge in [-0.1, -0.05) is 62.4 Å². The number of hydrogen-bond acceptors (Lipinski definition) is 7. The summed E-state index contributed by atoms with van der Waals surface area (Å²) in [6.07, 6.45) is 4.18. The zero-order valence-electron chi connectivity index (χ0n) is 30.0. The number of rotatable bonds is 9. The average molecular weight is 714 g/mol. The van der Waals surface area contributed by atoms with Crippen molar-refractivity contribution in [2.75, 3.05) is 25.5 Å². The smallest absolute Gasteiger partial charge is 0.407 e. The predicted molar refractivity (Wildman–Crippen MR) is 202 cm³/mol. The van der Waals surface area contributed by atoms with E-state index in [4.69, 9.17) is 9.72 Å². The van der Waals surface area contributed by atoms with Crippen LogP contribution in [-0.2, 0) is 14.3 Å². The number of aromatic nitrogens is 3. The number of aromatic amines is 1. The Morgan fingerprint density at radius 1 is 0.868 bits per heavy atom. The van der Waals surface area contributed by atoms with Gasteiger partial charge in [0.1, 0.15) is 17.9 Å². The number of nitrogens with zero attached hydrogens (tertiary/aromatic N) is 4. The number of hydrogen-bond donors (Lipinski definition) is 3. The maximum Gasteiger partial charge on any atom is 0.407 e. The first-order chi connectivity index (χ1) is 25.7. The number of alkyl carbamates (subject to hydrolysis) is 1. The fourth-order valence-electron chi connectivity index (χ4n) is 7.28. The number of H-pyrrole nitrogens is 1. The largest absolute Gasteiger partial charge is 0.453 e. The molecule has 3 atom stereocenters. The molecule has 3 N–H and O–H groups in total. The minimum Gasteiger partial charge on any atom is -0.453 e. The summed E-state index contributed by atoms with van der Waals surface area (Å²) in [5.41, 5.74) is 5.57. The Balaban J connectivity index is 1.01. The monoisotopic (exact) mass is 713 g/mol. The van der Waals surface area contributed by atoms with Crippen molar-refractivity contribution < 1.29 is 23.9 Å². The zero-order chi connectivity index (χ0) is 37.1. The van der Waals surface area contributed by atoms with E-state index in [9.17, 15) is 19.2 Å². The van der Waals surface area contributed by atoms with Crippen LogP contribution in [0.25, 0.3) is 33.4 Å². The third kappa shape index (κ3) is 7.48. The van der Waals surface area contributed by atoms with Gasteiger partial charge in [0.15, 0.2) is 0 Å². The molecule has 2 aliphatic heterocycles. The number of fused-ring (bicyclic) bond motifs is 1. The minimum absolute atomic E-state index is 0.108. The highest BCUT2D eigenvalue weighted by Crippen LogP contribution is 2.33. The van der Waals surface area contributed by atoms with Gasteiger partial charge in [-0.2, -0.15) is 0 Å². The molecule has 0 spiro atoms. The quantitative estimate of drug-likeness (QED) is 0.156. The number of likely N-dealkylation sites (tertiary alicyclic amines) is 2. The number of ether oxygens (including phenoxy) is 1. The lowest BCUT2D eigenvalue weighted by atomic mass is 10.0. The summed E-state index contributed by atoms with van der Waals surface area (Å²) in [5, 5.41) is 6.59. The molecule has 3 aromatic carbocycles. The van der Waals surface area contributed by atoms with Crippen molar-refractivity contribution in [1.82, 2.24) is 30.1 Å². The van der Waals surface area contributed by atoms with Crippen molar-refractivity contribution in [2.24, 2.45) is 5.92 Å². The van der Waals surface area contributed by atoms with Crippen molar-refractivity contribution in [3.05, 3.63) is 103 Å². The van der Waals surface area contributed by atoms with Gasteiger partial charge >= 0.3 is 6.09 Å². The number of benzene rings is 3. The Kier molecular flexibility index (Phi) is 10.2. The minimum atomic E-state index is -0.692. The number of nitrogens with one attached hydrogen (secondary N) is 3. The molecule has 12 nitrogen and oxygen atoms in total. The first-order valence-corrected chi connectivity index (χ1v) is 18.1. The molecule has 2 fully saturated rings. The third-order valence-corrected chi connectivity index (χ3v) is 10.1. The summed E-state index contributed by atoms with van der Waals surface area (Å²) < 4.78 is 4.75. The van der Waals surface area contributed by atoms with Gasteiger partial charge in [-0.25, -0.2) is 14.8 Å². The molecule has 0 aliphatic carbocycles. The lowest BCUT2D eigenvalue weighted by Crippen LogP contribution is -2.51. The number of imidazole rings is 1. The molecule has 4 amide bonds. The molecule has 4 heterocycles. The normalized spacial score (nSPS) is 17.6. The van der Waals surface area contributed by atoms with Crippen LogP contribution in [0, 0.1) is 5.92 Å². The van der Waals surface area contributed by atoms with Crippen molar-refractivity contribution in [3.63, 3.8) is 0 Å². The number of carbonyl (C=O) groups excluding carboxylic acids is 4. The van der Waals surface area contributed by atoms with Gasteiger partial charge < -0.3 is 30.2 Å². The molecule has 0 bridgehead atoms. The van der Waals surface area contributed by atoms with Gasteiger partial charge in [0.05, 0.1) is 36.3 Å². The summed E-state index contributed by atoms with van der Waals surface area (Å²) in [5.74, 6) is 0.137. The van der Waals surface area contributed by atoms with E-state index in [1.54, 1.807) is 28.1 Å². The zero-order valence-corrected chi connectivity index (χ0v) is 30.0. The molecule has 0 radical (unpaired) electrons. The van der Waals surface area contributed by atoms with Crippen LogP contribution in [0.4, 0.5) is 10.5 Å². The number of anilines is 1. The molecule has 272 valence electrons. The second-order valence-electron chi connectivity index (χ2n) is 13.9. The van der Waals surface area contributed by atoms with E-state index in [0.29, 0.717) is 36.6 Å². The highest BCUT2D eigenvalue weighted by molar-refractivity contribution is 6.02. The van der Waals surface area contributed by atoms with E-state index >= 15 is 0 Å². The SMILES string of the molecule is COC(=O)N[C@H](C(=O)N1CCCC1c1ncc(-c2ccc(-c3ccc4cc(NC(=O)C5CCCN5C(=O)c5ccccc5)ccc4n3)cc2)[nH]1)C(C)C. The Bertz CT molecular complexity index is 2130. The lowest BCUT2D eigenvalue weighted by molar-refractivity contribution is -0.135. The second-order valence-corrected chi connectivity index (χ2v) is 13.9. The van der Waals surface area contributed by atoms with Crippen LogP contribution in [0.5, 0.6) is 0 Å². The third-order valence-electron chi connectivity index (χ3n) is 10.1. The van der Waals surface area contributed by atoms with Crippen LogP contribution in [0.3, 0.4) is 0 Å². The van der Waals surface area contributed by atoms with Crippen molar-refractivity contribution in [1.29, 1.82) is 0 Å². The Hall–Kier alpha value is -6.04. The molecular weight excluding hydrogens is 670 g/mol. The Morgan fingerprint density at radius 3 is 2.36 bits per heavy atom. The van der Waals surface area contributed by atoms with Crippen LogP contribution in [0.1, 0.15) is 61.8 Å². The highest BCUT2D eigenvalue weighted by atomic mass is 16.5. The van der Waals surface area contributed by atoms with Crippen molar-refractivity contribution in [2.45, 2.75) is 57.7 Å². The highest BCUT2D eigenvalue weighted by Gasteiger charge is 2.38. The summed E-state index contributed by atoms with van der Waals surface area (Å²) in [4.78, 5) is 68.3. The van der Waals surface area contributed by atoms with Gasteiger partial charge in [0.25, 0.3) is 5.91 Å². The number of pyridine rings is 1. The molecular formula is C41H43N7O5. The summed E-state index contributed by atoms with van der Waals surface area (Å²) in [6.45, 7) is 4.94. The fourth-order valence-corrected chi connectivity index (χ4v) is 7.28. The van der Waals surface area contributed by atoms with Gasteiger partial charge in [0.2, 0.25) is 11.8 Å². The maximum atomic E-state index is 13.5. The number of methoxy groups -OCH3 is 1. The lowest BCUT2D eigenvalue weighted by Gasteiger charge is -2.30. The number of amides is 4. The van der Waals surface area contributed by atoms with Gasteiger partial charge in [-0.3, -0.25) is 14.4 Å². The van der Waals surface area contributed by atoms with Crippen LogP contribution < -0.4 is 10.6 Å². The predicted octanol–water partition coefficient (Wildman–Crippen LogP) is 6.58. The van der Waals surface area contributed by atoms with Gasteiger partial charge in [0, 0.05) is 35.3 Å². The van der Waals surface area contributed by atoms with Crippen LogP contribution in [-0.4, -0.2) is 80.8 Å². The standard InChI is InChI=1S/C41H43N7O5/c1-25(2)36(46-41(52)53-3)40(51)47-21-7-11-34(47)37-42-24-33(45-37)27-15-13-26(14-16-27)31-19-17-29-23-30(18-20-32(29)44-31)43-38(49)35-12-8-22-48(35)39(50)28-9-5-4-6-10-28/h4-6,9-10,13-20,23-25,34-36H,7-8,11-12,21-22H2,1-3H3,(H,42,45)(H,43,49)(H,46,52)/t34?,35?,36-/m0/s1. The van der Waals surface area contributed by atoms with Crippen LogP contribution >= 0.6 is 0 Å². The molecule has 7 rings (SSSR count). The molecule has 5 aromatic rings. The molecule has 53 heavy (non-hydrogen) atoms. The van der Waals surface area contributed by atoms with Crippen LogP contribution in [0.15, 0.2) is 91.1 Å². The molecule has 12 heteroatoms. The van der Waals surface area contributed by atoms with Gasteiger partial charge in [-0.15, -0.1) is 0 Å². The average Bonchev–Trinajstić information content (AvgIpc) is 3.98. The molecule has 2 aromatic heterocycles. The first kappa shape index (κ1) is 35.4. The number of carbonyl (C=O) groups is 4. The van der Waals surface area contributed by atoms with E-state index in [2.05, 4.69) is 20.6 Å². The first-order valence-electron chi connectivity index (χ1n) is 18.1. The van der Waals surface area contributed by atoms with Crippen LogP contribution in [0.2, 0.25) is 0 Å². The molecule has 0 saturated carbocycles. The topological polar surface area (TPSA) is 150 Å². The summed E-state index contributed by atoms with van der Waals surface area (Å²) >= 11 is 0. The Morgan fingerprint density at radius 2 is 1.60 bits per heavy atom. The Labute approximate surface area is 308 Å². The fraction of sp³-hybridized carbons (Fsp3) is 0.317.